The first-order valence-corrected chi connectivity index (χ1v) is 8.86. The van der Waals surface area contributed by atoms with Crippen LogP contribution in [0.2, 0.25) is 0 Å². The molecular formula is C17H23NO4S. The lowest BCUT2D eigenvalue weighted by atomic mass is 10.2. The fourth-order valence-corrected chi connectivity index (χ4v) is 2.25. The van der Waals surface area contributed by atoms with Crippen molar-refractivity contribution in [2.45, 2.75) is 26.0 Å². The zero-order valence-corrected chi connectivity index (χ0v) is 14.3. The Morgan fingerprint density at radius 2 is 2.00 bits per heavy atom. The summed E-state index contributed by atoms with van der Waals surface area (Å²) < 4.78 is 10.0. The van der Waals surface area contributed by atoms with E-state index in [-0.39, 0.29) is 12.6 Å². The van der Waals surface area contributed by atoms with Gasteiger partial charge in [0.2, 0.25) is 0 Å². The molecule has 1 rings (SSSR count). The summed E-state index contributed by atoms with van der Waals surface area (Å²) in [5.74, 6) is 0.442. The summed E-state index contributed by atoms with van der Waals surface area (Å²) in [5, 5.41) is 2.75. The summed E-state index contributed by atoms with van der Waals surface area (Å²) in [6.45, 7) is 2.28. The number of ether oxygens (including phenoxy) is 2. The summed E-state index contributed by atoms with van der Waals surface area (Å²) in [5.41, 5.74) is 0.922. The topological polar surface area (TPSA) is 64.6 Å². The molecule has 0 radical (unpaired) electrons. The number of hydrogen-bond acceptors (Lipinski definition) is 5. The number of benzene rings is 1. The van der Waals surface area contributed by atoms with Crippen molar-refractivity contribution in [3.8, 4) is 0 Å². The highest BCUT2D eigenvalue weighted by Gasteiger charge is 2.11. The predicted molar refractivity (Wildman–Crippen MR) is 92.3 cm³/mol. The quantitative estimate of drug-likeness (QED) is 0.554. The van der Waals surface area contributed by atoms with Crippen molar-refractivity contribution < 1.29 is 19.1 Å². The van der Waals surface area contributed by atoms with Crippen molar-refractivity contribution in [3.05, 3.63) is 48.0 Å². The molecule has 1 aromatic rings. The van der Waals surface area contributed by atoms with Gasteiger partial charge >= 0.3 is 12.1 Å². The molecule has 0 saturated heterocycles. The number of rotatable bonds is 9. The Morgan fingerprint density at radius 3 is 2.65 bits per heavy atom. The van der Waals surface area contributed by atoms with Gasteiger partial charge < -0.3 is 14.8 Å². The minimum Gasteiger partial charge on any atom is -0.463 e. The smallest absolute Gasteiger partial charge is 0.407 e. The van der Waals surface area contributed by atoms with Gasteiger partial charge in [-0.05, 0) is 30.9 Å². The second-order valence-corrected chi connectivity index (χ2v) is 5.69. The average molecular weight is 337 g/mol. The number of amides is 1. The van der Waals surface area contributed by atoms with E-state index >= 15 is 0 Å². The molecule has 1 N–H and O–H groups in total. The maximum Gasteiger partial charge on any atom is 0.407 e. The molecule has 23 heavy (non-hydrogen) atoms. The lowest BCUT2D eigenvalue weighted by Crippen LogP contribution is -2.34. The van der Waals surface area contributed by atoms with Crippen molar-refractivity contribution in [2.24, 2.45) is 0 Å². The average Bonchev–Trinajstić information content (AvgIpc) is 2.56. The van der Waals surface area contributed by atoms with E-state index in [2.05, 4.69) is 5.32 Å². The van der Waals surface area contributed by atoms with Crippen LogP contribution in [-0.4, -0.2) is 36.7 Å². The maximum atomic E-state index is 11.9. The first-order chi connectivity index (χ1) is 11.2. The van der Waals surface area contributed by atoms with Crippen LogP contribution in [-0.2, 0) is 20.9 Å². The van der Waals surface area contributed by atoms with Crippen LogP contribution in [0.1, 0.15) is 18.9 Å². The summed E-state index contributed by atoms with van der Waals surface area (Å²) in [6, 6.07) is 9.19. The summed E-state index contributed by atoms with van der Waals surface area (Å²) in [6.07, 6.45) is 5.16. The molecule has 0 spiro atoms. The number of thioether (sulfide) groups is 1. The van der Waals surface area contributed by atoms with E-state index < -0.39 is 12.1 Å². The lowest BCUT2D eigenvalue weighted by molar-refractivity contribution is -0.137. The van der Waals surface area contributed by atoms with Gasteiger partial charge in [0, 0.05) is 6.08 Å². The normalized spacial score (nSPS) is 11.9. The Bertz CT molecular complexity index is 505. The van der Waals surface area contributed by atoms with E-state index in [9.17, 15) is 9.59 Å². The minimum atomic E-state index is -0.506. The molecule has 0 aliphatic carbocycles. The van der Waals surface area contributed by atoms with Crippen LogP contribution in [0.5, 0.6) is 0 Å². The van der Waals surface area contributed by atoms with E-state index in [1.165, 1.54) is 6.08 Å². The highest BCUT2D eigenvalue weighted by atomic mass is 32.2. The highest BCUT2D eigenvalue weighted by Crippen LogP contribution is 2.05. The number of esters is 1. The SMILES string of the molecule is CCOC(=O)/C=C/[C@@H](CCSC)NC(=O)OCc1ccccc1. The Kier molecular flexibility index (Phi) is 9.63. The molecule has 0 aliphatic rings. The van der Waals surface area contributed by atoms with Crippen LogP contribution in [0.25, 0.3) is 0 Å². The van der Waals surface area contributed by atoms with Crippen molar-refractivity contribution in [2.75, 3.05) is 18.6 Å². The van der Waals surface area contributed by atoms with Gasteiger partial charge in [0.05, 0.1) is 12.6 Å². The molecule has 0 unspecified atom stereocenters. The standard InChI is InChI=1S/C17H23NO4S/c1-3-21-16(19)10-9-15(11-12-23-2)18-17(20)22-13-14-7-5-4-6-8-14/h4-10,15H,3,11-13H2,1-2H3,(H,18,20)/b10-9+/t15-/m0/s1. The highest BCUT2D eigenvalue weighted by molar-refractivity contribution is 7.98. The number of hydrogen-bond donors (Lipinski definition) is 1. The van der Waals surface area contributed by atoms with Gasteiger partial charge in [-0.2, -0.15) is 11.8 Å². The first kappa shape index (κ1) is 19.1. The van der Waals surface area contributed by atoms with Crippen molar-refractivity contribution >= 4 is 23.8 Å². The molecule has 5 nitrogen and oxygen atoms in total. The molecule has 0 aromatic heterocycles. The fourth-order valence-electron chi connectivity index (χ4n) is 1.76. The van der Waals surface area contributed by atoms with E-state index in [0.29, 0.717) is 13.0 Å². The van der Waals surface area contributed by atoms with Gasteiger partial charge in [-0.1, -0.05) is 36.4 Å². The van der Waals surface area contributed by atoms with Crippen LogP contribution in [0, 0.1) is 0 Å². The second kappa shape index (κ2) is 11.6. The predicted octanol–water partition coefficient (Wildman–Crippen LogP) is 3.15. The summed E-state index contributed by atoms with van der Waals surface area (Å²) in [7, 11) is 0. The number of carbonyl (C=O) groups is 2. The van der Waals surface area contributed by atoms with Gasteiger partial charge in [0.15, 0.2) is 0 Å². The van der Waals surface area contributed by atoms with E-state index in [1.54, 1.807) is 24.8 Å². The molecule has 6 heteroatoms. The van der Waals surface area contributed by atoms with Crippen molar-refractivity contribution in [1.82, 2.24) is 5.32 Å². The number of carbonyl (C=O) groups excluding carboxylic acids is 2. The monoisotopic (exact) mass is 337 g/mol. The van der Waals surface area contributed by atoms with Crippen molar-refractivity contribution in [1.29, 1.82) is 0 Å². The third-order valence-corrected chi connectivity index (χ3v) is 3.54. The van der Waals surface area contributed by atoms with Gasteiger partial charge in [-0.15, -0.1) is 0 Å². The van der Waals surface area contributed by atoms with Crippen LogP contribution < -0.4 is 5.32 Å². The number of nitrogens with one attached hydrogen (secondary N) is 1. The molecule has 0 fully saturated rings. The Morgan fingerprint density at radius 1 is 1.26 bits per heavy atom. The third-order valence-electron chi connectivity index (χ3n) is 2.90. The summed E-state index contributed by atoms with van der Waals surface area (Å²) >= 11 is 1.67. The molecule has 0 saturated carbocycles. The zero-order chi connectivity index (χ0) is 16.9. The zero-order valence-electron chi connectivity index (χ0n) is 13.5. The largest absolute Gasteiger partial charge is 0.463 e. The number of alkyl carbamates (subject to hydrolysis) is 1. The van der Waals surface area contributed by atoms with E-state index in [4.69, 9.17) is 9.47 Å². The fraction of sp³-hybridized carbons (Fsp3) is 0.412. The van der Waals surface area contributed by atoms with Crippen molar-refractivity contribution in [3.63, 3.8) is 0 Å². The van der Waals surface area contributed by atoms with Crippen LogP contribution in [0.3, 0.4) is 0 Å². The van der Waals surface area contributed by atoms with Gasteiger partial charge in [0.1, 0.15) is 6.61 Å². The molecule has 1 aromatic carbocycles. The minimum absolute atomic E-state index is 0.212. The molecule has 0 heterocycles. The Balaban J connectivity index is 2.47. The van der Waals surface area contributed by atoms with Gasteiger partial charge in [0.25, 0.3) is 0 Å². The molecule has 1 atom stereocenters. The van der Waals surface area contributed by atoms with Crippen LogP contribution in [0.4, 0.5) is 4.79 Å². The molecule has 126 valence electrons. The van der Waals surface area contributed by atoms with Crippen LogP contribution in [0.15, 0.2) is 42.5 Å². The summed E-state index contributed by atoms with van der Waals surface area (Å²) in [4.78, 5) is 23.2. The van der Waals surface area contributed by atoms with Gasteiger partial charge in [-0.25, -0.2) is 9.59 Å². The Labute approximate surface area is 141 Å². The van der Waals surface area contributed by atoms with E-state index in [0.717, 1.165) is 11.3 Å². The lowest BCUT2D eigenvalue weighted by Gasteiger charge is -2.14. The van der Waals surface area contributed by atoms with Gasteiger partial charge in [-0.3, -0.25) is 0 Å². The molecule has 0 aliphatic heterocycles. The second-order valence-electron chi connectivity index (χ2n) is 4.71. The maximum absolute atomic E-state index is 11.9. The Hall–Kier alpha value is -1.95. The third kappa shape index (κ3) is 8.93. The molecular weight excluding hydrogens is 314 g/mol. The van der Waals surface area contributed by atoms with E-state index in [1.807, 2.05) is 36.6 Å². The first-order valence-electron chi connectivity index (χ1n) is 7.46. The molecule has 0 bridgehead atoms. The van der Waals surface area contributed by atoms with Crippen LogP contribution >= 0.6 is 11.8 Å². The molecule has 1 amide bonds.